The molecule has 0 amide bonds. The van der Waals surface area contributed by atoms with Gasteiger partial charge in [-0.05, 0) is 48.7 Å². The highest BCUT2D eigenvalue weighted by atomic mass is 32.2. The summed E-state index contributed by atoms with van der Waals surface area (Å²) in [6, 6.07) is 11.2. The summed E-state index contributed by atoms with van der Waals surface area (Å²) in [5, 5.41) is 2.01. The molecule has 4 nitrogen and oxygen atoms in total. The minimum absolute atomic E-state index is 0.00487. The van der Waals surface area contributed by atoms with Crippen LogP contribution in [0.4, 0.5) is 0 Å². The number of hydrogen-bond donors (Lipinski definition) is 1. The zero-order chi connectivity index (χ0) is 18.0. The SMILES string of the molecule is CN(C)C(CNS(=O)(=O)c1ccc(C(C)(C)C)cc1)c1cccs1. The van der Waals surface area contributed by atoms with Crippen LogP contribution < -0.4 is 4.72 Å². The lowest BCUT2D eigenvalue weighted by Gasteiger charge is -2.23. The first kappa shape index (κ1) is 19.1. The minimum atomic E-state index is -3.51. The molecule has 0 saturated carbocycles. The summed E-state index contributed by atoms with van der Waals surface area (Å²) in [6.07, 6.45) is 0. The molecule has 6 heteroatoms. The number of thiophene rings is 1. The Hall–Kier alpha value is -1.21. The maximum Gasteiger partial charge on any atom is 0.240 e. The third kappa shape index (κ3) is 4.66. The first-order valence-corrected chi connectivity index (χ1v) is 10.3. The summed E-state index contributed by atoms with van der Waals surface area (Å²) in [6.45, 7) is 6.67. The maximum atomic E-state index is 12.6. The topological polar surface area (TPSA) is 49.4 Å². The van der Waals surface area contributed by atoms with Gasteiger partial charge in [-0.1, -0.05) is 39.0 Å². The molecular formula is C18H26N2O2S2. The fraction of sp³-hybridized carbons (Fsp3) is 0.444. The first-order valence-electron chi connectivity index (χ1n) is 7.91. The van der Waals surface area contributed by atoms with Crippen LogP contribution in [0.1, 0.15) is 37.3 Å². The van der Waals surface area contributed by atoms with E-state index in [-0.39, 0.29) is 11.5 Å². The van der Waals surface area contributed by atoms with Crippen molar-refractivity contribution in [2.45, 2.75) is 37.1 Å². The van der Waals surface area contributed by atoms with E-state index in [4.69, 9.17) is 0 Å². The molecule has 0 bridgehead atoms. The molecule has 0 aliphatic heterocycles. The minimum Gasteiger partial charge on any atom is -0.300 e. The van der Waals surface area contributed by atoms with Crippen LogP contribution >= 0.6 is 11.3 Å². The van der Waals surface area contributed by atoms with Gasteiger partial charge < -0.3 is 4.90 Å². The number of nitrogens with zero attached hydrogens (tertiary/aromatic N) is 1. The smallest absolute Gasteiger partial charge is 0.240 e. The van der Waals surface area contributed by atoms with Gasteiger partial charge in [-0.25, -0.2) is 13.1 Å². The van der Waals surface area contributed by atoms with Crippen molar-refractivity contribution in [2.24, 2.45) is 0 Å². The molecule has 1 heterocycles. The molecular weight excluding hydrogens is 340 g/mol. The average Bonchev–Trinajstić information content (AvgIpc) is 3.00. The van der Waals surface area contributed by atoms with E-state index in [1.807, 2.05) is 48.6 Å². The molecule has 0 aliphatic carbocycles. The maximum absolute atomic E-state index is 12.6. The molecule has 1 N–H and O–H groups in total. The van der Waals surface area contributed by atoms with Gasteiger partial charge in [-0.2, -0.15) is 0 Å². The van der Waals surface area contributed by atoms with Crippen molar-refractivity contribution >= 4 is 21.4 Å². The average molecular weight is 367 g/mol. The van der Waals surface area contributed by atoms with E-state index in [0.29, 0.717) is 11.4 Å². The molecule has 0 spiro atoms. The molecule has 1 aromatic carbocycles. The molecule has 24 heavy (non-hydrogen) atoms. The van der Waals surface area contributed by atoms with Gasteiger partial charge in [0.25, 0.3) is 0 Å². The van der Waals surface area contributed by atoms with Crippen molar-refractivity contribution in [1.82, 2.24) is 9.62 Å². The highest BCUT2D eigenvalue weighted by molar-refractivity contribution is 7.89. The van der Waals surface area contributed by atoms with Gasteiger partial charge >= 0.3 is 0 Å². The van der Waals surface area contributed by atoms with Crippen LogP contribution in [0.25, 0.3) is 0 Å². The number of hydrogen-bond acceptors (Lipinski definition) is 4. The Morgan fingerprint density at radius 2 is 1.75 bits per heavy atom. The third-order valence-corrected chi connectivity index (χ3v) is 6.41. The molecule has 0 aliphatic rings. The van der Waals surface area contributed by atoms with Crippen molar-refractivity contribution in [3.63, 3.8) is 0 Å². The van der Waals surface area contributed by atoms with Crippen LogP contribution in [0.2, 0.25) is 0 Å². The fourth-order valence-corrected chi connectivity index (χ4v) is 4.39. The van der Waals surface area contributed by atoms with Crippen molar-refractivity contribution in [3.05, 3.63) is 52.2 Å². The Balaban J connectivity index is 2.13. The van der Waals surface area contributed by atoms with Crippen LogP contribution in [0, 0.1) is 0 Å². The third-order valence-electron chi connectivity index (χ3n) is 3.99. The Bertz CT molecular complexity index is 743. The normalized spacial score (nSPS) is 14.1. The largest absolute Gasteiger partial charge is 0.300 e. The number of sulfonamides is 1. The van der Waals surface area contributed by atoms with Gasteiger partial charge in [0.2, 0.25) is 10.0 Å². The number of benzene rings is 1. The molecule has 0 saturated heterocycles. The van der Waals surface area contributed by atoms with Crippen LogP contribution in [0.5, 0.6) is 0 Å². The molecule has 0 fully saturated rings. The first-order chi connectivity index (χ1) is 11.1. The van der Waals surface area contributed by atoms with Gasteiger partial charge in [0.05, 0.1) is 10.9 Å². The Kier molecular flexibility index (Phi) is 5.86. The summed E-state index contributed by atoms with van der Waals surface area (Å²) in [4.78, 5) is 3.47. The zero-order valence-electron chi connectivity index (χ0n) is 14.9. The van der Waals surface area contributed by atoms with E-state index in [1.54, 1.807) is 23.5 Å². The van der Waals surface area contributed by atoms with E-state index in [9.17, 15) is 8.42 Å². The van der Waals surface area contributed by atoms with E-state index in [2.05, 4.69) is 25.5 Å². The second kappa shape index (κ2) is 7.35. The molecule has 1 unspecified atom stereocenters. The van der Waals surface area contributed by atoms with E-state index in [1.165, 1.54) is 0 Å². The van der Waals surface area contributed by atoms with Crippen LogP contribution in [-0.2, 0) is 15.4 Å². The lowest BCUT2D eigenvalue weighted by atomic mass is 9.87. The molecule has 2 aromatic rings. The highest BCUT2D eigenvalue weighted by Crippen LogP contribution is 2.25. The zero-order valence-corrected chi connectivity index (χ0v) is 16.5. The predicted molar refractivity (Wildman–Crippen MR) is 101 cm³/mol. The highest BCUT2D eigenvalue weighted by Gasteiger charge is 2.21. The van der Waals surface area contributed by atoms with E-state index in [0.717, 1.165) is 10.4 Å². The standard InChI is InChI=1S/C18H26N2O2S2/c1-18(2,3)14-8-10-15(11-9-14)24(21,22)19-13-16(20(4)5)17-7-6-12-23-17/h6-12,16,19H,13H2,1-5H3. The van der Waals surface area contributed by atoms with Gasteiger partial charge in [0.1, 0.15) is 0 Å². The van der Waals surface area contributed by atoms with Crippen LogP contribution in [0.15, 0.2) is 46.7 Å². The summed E-state index contributed by atoms with van der Waals surface area (Å²) >= 11 is 1.63. The van der Waals surface area contributed by atoms with Gasteiger partial charge in [-0.3, -0.25) is 0 Å². The van der Waals surface area contributed by atoms with E-state index < -0.39 is 10.0 Å². The Morgan fingerprint density at radius 1 is 1.12 bits per heavy atom. The summed E-state index contributed by atoms with van der Waals surface area (Å²) in [5.41, 5.74) is 1.12. The van der Waals surface area contributed by atoms with Crippen LogP contribution in [0.3, 0.4) is 0 Å². The Morgan fingerprint density at radius 3 is 2.21 bits per heavy atom. The number of nitrogens with one attached hydrogen (secondary N) is 1. The van der Waals surface area contributed by atoms with Gasteiger partial charge in [0, 0.05) is 11.4 Å². The van der Waals surface area contributed by atoms with Crippen LogP contribution in [-0.4, -0.2) is 34.0 Å². The quantitative estimate of drug-likeness (QED) is 0.849. The summed E-state index contributed by atoms with van der Waals surface area (Å²) in [7, 11) is 0.396. The number of likely N-dealkylation sites (N-methyl/N-ethyl adjacent to an activating group) is 1. The van der Waals surface area contributed by atoms with Gasteiger partial charge in [-0.15, -0.1) is 11.3 Å². The molecule has 132 valence electrons. The fourth-order valence-electron chi connectivity index (χ4n) is 2.42. The predicted octanol–water partition coefficient (Wildman–Crippen LogP) is 3.63. The van der Waals surface area contributed by atoms with Gasteiger partial charge in [0.15, 0.2) is 0 Å². The monoisotopic (exact) mass is 366 g/mol. The van der Waals surface area contributed by atoms with Crippen molar-refractivity contribution < 1.29 is 8.42 Å². The molecule has 2 rings (SSSR count). The molecule has 0 radical (unpaired) electrons. The van der Waals surface area contributed by atoms with Crippen molar-refractivity contribution in [3.8, 4) is 0 Å². The lowest BCUT2D eigenvalue weighted by Crippen LogP contribution is -2.34. The molecule has 1 aromatic heterocycles. The lowest BCUT2D eigenvalue weighted by molar-refractivity contribution is 0.303. The van der Waals surface area contributed by atoms with Crippen molar-refractivity contribution in [1.29, 1.82) is 0 Å². The summed E-state index contributed by atoms with van der Waals surface area (Å²) in [5.74, 6) is 0. The van der Waals surface area contributed by atoms with Crippen molar-refractivity contribution in [2.75, 3.05) is 20.6 Å². The summed E-state index contributed by atoms with van der Waals surface area (Å²) < 4.78 is 27.9. The molecule has 1 atom stereocenters. The Labute approximate surface area is 149 Å². The van der Waals surface area contributed by atoms with E-state index >= 15 is 0 Å². The second-order valence-corrected chi connectivity index (χ2v) is 9.87. The second-order valence-electron chi connectivity index (χ2n) is 7.12. The number of rotatable bonds is 6.